The molecule has 1 aromatic heterocycles. The lowest BCUT2D eigenvalue weighted by Crippen LogP contribution is -2.48. The van der Waals surface area contributed by atoms with Crippen LogP contribution in [0.4, 0.5) is 5.69 Å². The van der Waals surface area contributed by atoms with Gasteiger partial charge in [-0.25, -0.2) is 0 Å². The molecule has 0 bridgehead atoms. The number of carbonyl (C=O) groups is 1. The third-order valence-corrected chi connectivity index (χ3v) is 2.71. The van der Waals surface area contributed by atoms with Gasteiger partial charge in [0.15, 0.2) is 0 Å². The van der Waals surface area contributed by atoms with Crippen LogP contribution in [0.3, 0.4) is 0 Å². The molecule has 2 unspecified atom stereocenters. The number of rotatable bonds is 1. The van der Waals surface area contributed by atoms with Crippen molar-refractivity contribution in [3.05, 3.63) is 24.0 Å². The summed E-state index contributed by atoms with van der Waals surface area (Å²) in [6.45, 7) is 5.15. The number of morpholine rings is 1. The highest BCUT2D eigenvalue weighted by atomic mass is 16.5. The van der Waals surface area contributed by atoms with Crippen LogP contribution < -0.4 is 5.73 Å². The van der Waals surface area contributed by atoms with E-state index in [4.69, 9.17) is 10.5 Å². The Morgan fingerprint density at radius 1 is 1.41 bits per heavy atom. The van der Waals surface area contributed by atoms with E-state index in [0.29, 0.717) is 24.3 Å². The van der Waals surface area contributed by atoms with Crippen molar-refractivity contribution in [1.82, 2.24) is 9.88 Å². The van der Waals surface area contributed by atoms with Crippen LogP contribution in [0.1, 0.15) is 24.2 Å². The SMILES string of the molecule is CC1CN(C(=O)c2cncc(N)c2)CC(C)O1. The van der Waals surface area contributed by atoms with E-state index >= 15 is 0 Å². The molecule has 0 aliphatic carbocycles. The van der Waals surface area contributed by atoms with Crippen LogP contribution in [0, 0.1) is 0 Å². The molecule has 2 heterocycles. The fraction of sp³-hybridized carbons (Fsp3) is 0.500. The lowest BCUT2D eigenvalue weighted by Gasteiger charge is -2.35. The minimum Gasteiger partial charge on any atom is -0.397 e. The average molecular weight is 235 g/mol. The largest absolute Gasteiger partial charge is 0.397 e. The molecule has 1 amide bonds. The number of hydrogen-bond donors (Lipinski definition) is 1. The summed E-state index contributed by atoms with van der Waals surface area (Å²) in [5.74, 6) is -0.0354. The summed E-state index contributed by atoms with van der Waals surface area (Å²) in [5, 5.41) is 0. The van der Waals surface area contributed by atoms with Crippen LogP contribution in [-0.2, 0) is 4.74 Å². The van der Waals surface area contributed by atoms with Crippen LogP contribution in [0.15, 0.2) is 18.5 Å². The summed E-state index contributed by atoms with van der Waals surface area (Å²) in [7, 11) is 0. The first-order valence-corrected chi connectivity index (χ1v) is 5.71. The normalized spacial score (nSPS) is 24.7. The fourth-order valence-electron chi connectivity index (χ4n) is 2.10. The molecule has 2 atom stereocenters. The number of nitrogens with two attached hydrogens (primary N) is 1. The maximum Gasteiger partial charge on any atom is 0.255 e. The molecule has 2 rings (SSSR count). The van der Waals surface area contributed by atoms with Gasteiger partial charge in [0.05, 0.1) is 23.5 Å². The van der Waals surface area contributed by atoms with Crippen LogP contribution >= 0.6 is 0 Å². The number of aromatic nitrogens is 1. The fourth-order valence-corrected chi connectivity index (χ4v) is 2.10. The number of ether oxygens (including phenoxy) is 1. The Labute approximate surface area is 101 Å². The molecule has 5 heteroatoms. The molecule has 1 saturated heterocycles. The van der Waals surface area contributed by atoms with Gasteiger partial charge < -0.3 is 15.4 Å². The van der Waals surface area contributed by atoms with Gasteiger partial charge in [0, 0.05) is 25.5 Å². The molecule has 5 nitrogen and oxygen atoms in total. The van der Waals surface area contributed by atoms with Crippen molar-refractivity contribution in [3.8, 4) is 0 Å². The molecule has 1 aromatic rings. The molecule has 0 saturated carbocycles. The van der Waals surface area contributed by atoms with Crippen LogP contribution in [0.5, 0.6) is 0 Å². The van der Waals surface area contributed by atoms with Crippen LogP contribution in [0.25, 0.3) is 0 Å². The monoisotopic (exact) mass is 235 g/mol. The Kier molecular flexibility index (Phi) is 3.28. The maximum atomic E-state index is 12.2. The van der Waals surface area contributed by atoms with Crippen molar-refractivity contribution in [2.24, 2.45) is 0 Å². The van der Waals surface area contributed by atoms with Crippen molar-refractivity contribution in [2.75, 3.05) is 18.8 Å². The minimum atomic E-state index is -0.0354. The van der Waals surface area contributed by atoms with Crippen molar-refractivity contribution in [1.29, 1.82) is 0 Å². The predicted molar refractivity (Wildman–Crippen MR) is 64.6 cm³/mol. The van der Waals surface area contributed by atoms with Crippen molar-refractivity contribution in [2.45, 2.75) is 26.1 Å². The lowest BCUT2D eigenvalue weighted by atomic mass is 10.2. The molecule has 0 radical (unpaired) electrons. The standard InChI is InChI=1S/C12H17N3O2/c1-8-6-15(7-9(2)17-8)12(16)10-3-11(13)5-14-4-10/h3-5,8-9H,6-7,13H2,1-2H3. The molecular formula is C12H17N3O2. The third kappa shape index (κ3) is 2.74. The Morgan fingerprint density at radius 2 is 2.06 bits per heavy atom. The zero-order valence-electron chi connectivity index (χ0n) is 10.1. The first-order valence-electron chi connectivity index (χ1n) is 5.71. The van der Waals surface area contributed by atoms with Gasteiger partial charge >= 0.3 is 0 Å². The third-order valence-electron chi connectivity index (χ3n) is 2.71. The zero-order chi connectivity index (χ0) is 12.4. The summed E-state index contributed by atoms with van der Waals surface area (Å²) < 4.78 is 5.59. The second-order valence-electron chi connectivity index (χ2n) is 4.47. The van der Waals surface area contributed by atoms with E-state index in [9.17, 15) is 4.79 Å². The highest BCUT2D eigenvalue weighted by Crippen LogP contribution is 2.14. The zero-order valence-corrected chi connectivity index (χ0v) is 10.1. The molecule has 0 aromatic carbocycles. The highest BCUT2D eigenvalue weighted by Gasteiger charge is 2.26. The summed E-state index contributed by atoms with van der Waals surface area (Å²) >= 11 is 0. The van der Waals surface area contributed by atoms with Gasteiger partial charge in [-0.15, -0.1) is 0 Å². The number of pyridine rings is 1. The van der Waals surface area contributed by atoms with Crippen LogP contribution in [-0.4, -0.2) is 41.1 Å². The number of amides is 1. The van der Waals surface area contributed by atoms with Gasteiger partial charge in [0.25, 0.3) is 5.91 Å². The molecule has 0 spiro atoms. The van der Waals surface area contributed by atoms with E-state index in [1.165, 1.54) is 6.20 Å². The van der Waals surface area contributed by atoms with Crippen LogP contribution in [0.2, 0.25) is 0 Å². The summed E-state index contributed by atoms with van der Waals surface area (Å²) in [5.41, 5.74) is 6.66. The number of hydrogen-bond acceptors (Lipinski definition) is 4. The average Bonchev–Trinajstić information content (AvgIpc) is 2.26. The van der Waals surface area contributed by atoms with E-state index in [1.54, 1.807) is 17.2 Å². The first-order chi connectivity index (χ1) is 8.06. The second kappa shape index (κ2) is 4.71. The van der Waals surface area contributed by atoms with Crippen molar-refractivity contribution in [3.63, 3.8) is 0 Å². The van der Waals surface area contributed by atoms with Gasteiger partial charge in [-0.05, 0) is 19.9 Å². The lowest BCUT2D eigenvalue weighted by molar-refractivity contribution is -0.0586. The van der Waals surface area contributed by atoms with Gasteiger partial charge in [0.1, 0.15) is 0 Å². The minimum absolute atomic E-state index is 0.0354. The quantitative estimate of drug-likeness (QED) is 0.785. The molecule has 2 N–H and O–H groups in total. The number of nitrogens with zero attached hydrogens (tertiary/aromatic N) is 2. The smallest absolute Gasteiger partial charge is 0.255 e. The molecule has 17 heavy (non-hydrogen) atoms. The maximum absolute atomic E-state index is 12.2. The molecule has 1 fully saturated rings. The number of anilines is 1. The highest BCUT2D eigenvalue weighted by molar-refractivity contribution is 5.94. The molecular weight excluding hydrogens is 218 g/mol. The van der Waals surface area contributed by atoms with E-state index in [1.807, 2.05) is 13.8 Å². The summed E-state index contributed by atoms with van der Waals surface area (Å²) in [6, 6.07) is 1.65. The van der Waals surface area contributed by atoms with E-state index in [2.05, 4.69) is 4.98 Å². The Bertz CT molecular complexity index is 412. The molecule has 92 valence electrons. The summed E-state index contributed by atoms with van der Waals surface area (Å²) in [4.78, 5) is 17.9. The van der Waals surface area contributed by atoms with Gasteiger partial charge in [-0.3, -0.25) is 9.78 Å². The Hall–Kier alpha value is -1.62. The van der Waals surface area contributed by atoms with Crippen molar-refractivity contribution < 1.29 is 9.53 Å². The van der Waals surface area contributed by atoms with E-state index in [0.717, 1.165) is 0 Å². The Balaban J connectivity index is 2.14. The van der Waals surface area contributed by atoms with Gasteiger partial charge in [-0.1, -0.05) is 0 Å². The number of carbonyl (C=O) groups excluding carboxylic acids is 1. The molecule has 1 aliphatic rings. The topological polar surface area (TPSA) is 68.5 Å². The molecule has 1 aliphatic heterocycles. The first kappa shape index (κ1) is 11.9. The van der Waals surface area contributed by atoms with E-state index in [-0.39, 0.29) is 18.1 Å². The van der Waals surface area contributed by atoms with Crippen molar-refractivity contribution >= 4 is 11.6 Å². The van der Waals surface area contributed by atoms with Gasteiger partial charge in [-0.2, -0.15) is 0 Å². The summed E-state index contributed by atoms with van der Waals surface area (Å²) in [6.07, 6.45) is 3.21. The van der Waals surface area contributed by atoms with E-state index < -0.39 is 0 Å². The number of nitrogen functional groups attached to an aromatic ring is 1. The Morgan fingerprint density at radius 3 is 2.65 bits per heavy atom. The predicted octanol–water partition coefficient (Wildman–Crippen LogP) is 0.913. The second-order valence-corrected chi connectivity index (χ2v) is 4.47. The van der Waals surface area contributed by atoms with Gasteiger partial charge in [0.2, 0.25) is 0 Å².